The van der Waals surface area contributed by atoms with E-state index in [0.717, 1.165) is 5.39 Å². The van der Waals surface area contributed by atoms with Crippen LogP contribution < -0.4 is 5.32 Å². The summed E-state index contributed by atoms with van der Waals surface area (Å²) in [6, 6.07) is 12.4. The van der Waals surface area contributed by atoms with Crippen molar-refractivity contribution in [3.8, 4) is 0 Å². The highest BCUT2D eigenvalue weighted by molar-refractivity contribution is 7.21. The topological polar surface area (TPSA) is 68.3 Å². The van der Waals surface area contributed by atoms with E-state index in [-0.39, 0.29) is 12.5 Å². The molecule has 0 unspecified atom stereocenters. The zero-order valence-corrected chi connectivity index (χ0v) is 13.2. The molecule has 0 bridgehead atoms. The van der Waals surface area contributed by atoms with E-state index in [0.29, 0.717) is 21.0 Å². The number of benzene rings is 1. The molecule has 0 atom stereocenters. The Morgan fingerprint density at radius 1 is 1.17 bits per heavy atom. The number of rotatable bonds is 4. The highest BCUT2D eigenvalue weighted by Gasteiger charge is 2.22. The average molecular weight is 326 g/mol. The van der Waals surface area contributed by atoms with Crippen LogP contribution >= 0.6 is 11.3 Å². The van der Waals surface area contributed by atoms with E-state index in [9.17, 15) is 9.59 Å². The van der Waals surface area contributed by atoms with Crippen LogP contribution in [0.5, 0.6) is 0 Å². The van der Waals surface area contributed by atoms with Crippen LogP contribution in [0, 0.1) is 0 Å². The van der Waals surface area contributed by atoms with Crippen molar-refractivity contribution in [3.63, 3.8) is 0 Å². The first kappa shape index (κ1) is 15.2. The van der Waals surface area contributed by atoms with Gasteiger partial charge in [0.15, 0.2) is 0 Å². The number of pyridine rings is 1. The summed E-state index contributed by atoms with van der Waals surface area (Å²) in [7, 11) is 0. The zero-order chi connectivity index (χ0) is 16.2. The molecular weight excluding hydrogens is 312 g/mol. The van der Waals surface area contributed by atoms with Crippen molar-refractivity contribution in [2.24, 2.45) is 0 Å². The highest BCUT2D eigenvalue weighted by atomic mass is 32.1. The molecule has 5 nitrogen and oxygen atoms in total. The second kappa shape index (κ2) is 6.58. The Hall–Kier alpha value is -2.73. The number of hydrogen-bond donors (Lipinski definition) is 1. The van der Waals surface area contributed by atoms with E-state index in [1.54, 1.807) is 43.5 Å². The van der Waals surface area contributed by atoms with Crippen molar-refractivity contribution >= 4 is 39.1 Å². The van der Waals surface area contributed by atoms with Gasteiger partial charge in [0.05, 0.1) is 12.3 Å². The molecule has 0 fully saturated rings. The number of fused-ring (bicyclic) bond motifs is 1. The fraction of sp³-hybridized carbons (Fsp3) is 0.118. The van der Waals surface area contributed by atoms with Crippen molar-refractivity contribution in [3.05, 3.63) is 59.1 Å². The van der Waals surface area contributed by atoms with Crippen LogP contribution in [0.25, 0.3) is 10.2 Å². The van der Waals surface area contributed by atoms with Gasteiger partial charge in [0.25, 0.3) is 5.91 Å². The Balaban J connectivity index is 2.02. The smallest absolute Gasteiger partial charge is 0.350 e. The lowest BCUT2D eigenvalue weighted by Crippen LogP contribution is -2.14. The predicted molar refractivity (Wildman–Crippen MR) is 90.0 cm³/mol. The summed E-state index contributed by atoms with van der Waals surface area (Å²) in [5, 5.41) is 3.55. The first-order valence-corrected chi connectivity index (χ1v) is 7.93. The highest BCUT2D eigenvalue weighted by Crippen LogP contribution is 2.35. The molecule has 0 saturated heterocycles. The number of nitrogens with one attached hydrogen (secondary N) is 1. The predicted octanol–water partition coefficient (Wildman–Crippen LogP) is 3.73. The largest absolute Gasteiger partial charge is 0.462 e. The molecule has 0 saturated carbocycles. The summed E-state index contributed by atoms with van der Waals surface area (Å²) < 4.78 is 5.08. The minimum atomic E-state index is -0.459. The lowest BCUT2D eigenvalue weighted by atomic mass is 10.2. The van der Waals surface area contributed by atoms with E-state index >= 15 is 0 Å². The summed E-state index contributed by atoms with van der Waals surface area (Å²) in [5.41, 5.74) is 0.968. The van der Waals surface area contributed by atoms with Crippen molar-refractivity contribution in [1.29, 1.82) is 0 Å². The molecule has 1 aromatic carbocycles. The third kappa shape index (κ3) is 3.07. The molecule has 0 spiro atoms. The molecule has 0 radical (unpaired) electrons. The lowest BCUT2D eigenvalue weighted by Gasteiger charge is -2.07. The number of amides is 1. The van der Waals surface area contributed by atoms with Gasteiger partial charge in [-0.25, -0.2) is 9.78 Å². The van der Waals surface area contributed by atoms with Gasteiger partial charge < -0.3 is 10.1 Å². The van der Waals surface area contributed by atoms with Crippen LogP contribution in [-0.2, 0) is 4.74 Å². The molecule has 116 valence electrons. The van der Waals surface area contributed by atoms with Gasteiger partial charge in [-0.3, -0.25) is 4.79 Å². The maximum absolute atomic E-state index is 12.4. The Morgan fingerprint density at radius 2 is 1.96 bits per heavy atom. The summed E-state index contributed by atoms with van der Waals surface area (Å²) in [6.45, 7) is 2.01. The molecule has 3 aromatic rings. The van der Waals surface area contributed by atoms with Crippen LogP contribution in [-0.4, -0.2) is 23.5 Å². The summed E-state index contributed by atoms with van der Waals surface area (Å²) in [6.07, 6.45) is 1.65. The maximum Gasteiger partial charge on any atom is 0.350 e. The first-order valence-electron chi connectivity index (χ1n) is 7.11. The van der Waals surface area contributed by atoms with Gasteiger partial charge in [0.1, 0.15) is 9.71 Å². The van der Waals surface area contributed by atoms with E-state index < -0.39 is 5.97 Å². The molecule has 0 aliphatic carbocycles. The molecule has 0 aliphatic heterocycles. The second-order valence-electron chi connectivity index (χ2n) is 4.70. The van der Waals surface area contributed by atoms with Crippen molar-refractivity contribution in [2.75, 3.05) is 11.9 Å². The quantitative estimate of drug-likeness (QED) is 0.742. The van der Waals surface area contributed by atoms with Crippen molar-refractivity contribution < 1.29 is 14.3 Å². The Bertz CT molecular complexity index is 859. The molecule has 1 amide bonds. The number of nitrogens with zero attached hydrogens (tertiary/aromatic N) is 1. The summed E-state index contributed by atoms with van der Waals surface area (Å²) in [4.78, 5) is 29.8. The van der Waals surface area contributed by atoms with Gasteiger partial charge in [-0.15, -0.1) is 11.3 Å². The molecule has 6 heteroatoms. The fourth-order valence-electron chi connectivity index (χ4n) is 2.17. The fourth-order valence-corrected chi connectivity index (χ4v) is 3.16. The van der Waals surface area contributed by atoms with E-state index in [2.05, 4.69) is 10.3 Å². The minimum Gasteiger partial charge on any atom is -0.462 e. The van der Waals surface area contributed by atoms with Gasteiger partial charge in [-0.1, -0.05) is 18.2 Å². The molecule has 2 aromatic heterocycles. The number of hydrogen-bond acceptors (Lipinski definition) is 5. The third-order valence-corrected chi connectivity index (χ3v) is 4.30. The maximum atomic E-state index is 12.4. The molecule has 3 rings (SSSR count). The van der Waals surface area contributed by atoms with Crippen molar-refractivity contribution in [1.82, 2.24) is 4.98 Å². The minimum absolute atomic E-state index is 0.270. The van der Waals surface area contributed by atoms with Gasteiger partial charge in [-0.2, -0.15) is 0 Å². The second-order valence-corrected chi connectivity index (χ2v) is 5.70. The Morgan fingerprint density at radius 3 is 2.70 bits per heavy atom. The molecule has 0 aliphatic rings. The SMILES string of the molecule is CCOC(=O)c1sc2ncccc2c1NC(=O)c1ccccc1. The number of carbonyl (C=O) groups is 2. The number of thiophene rings is 1. The van der Waals surface area contributed by atoms with E-state index in [1.165, 1.54) is 11.3 Å². The summed E-state index contributed by atoms with van der Waals surface area (Å²) in [5.74, 6) is -0.737. The van der Waals surface area contributed by atoms with Crippen LogP contribution in [0.4, 0.5) is 5.69 Å². The average Bonchev–Trinajstić information content (AvgIpc) is 2.95. The Labute approximate surface area is 136 Å². The van der Waals surface area contributed by atoms with Crippen LogP contribution in [0.3, 0.4) is 0 Å². The van der Waals surface area contributed by atoms with Gasteiger partial charge in [-0.05, 0) is 31.2 Å². The molecule has 1 N–H and O–H groups in total. The van der Waals surface area contributed by atoms with Crippen LogP contribution in [0.2, 0.25) is 0 Å². The number of anilines is 1. The lowest BCUT2D eigenvalue weighted by molar-refractivity contribution is 0.0533. The standard InChI is InChI=1S/C17H14N2O3S/c1-2-22-17(21)14-13(12-9-6-10-18-16(12)23-14)19-15(20)11-7-4-3-5-8-11/h3-10H,2H2,1H3,(H,19,20). The van der Waals surface area contributed by atoms with E-state index in [4.69, 9.17) is 4.74 Å². The Kier molecular flexibility index (Phi) is 4.34. The normalized spacial score (nSPS) is 10.5. The third-order valence-electron chi connectivity index (χ3n) is 3.20. The number of esters is 1. The summed E-state index contributed by atoms with van der Waals surface area (Å²) >= 11 is 1.21. The zero-order valence-electron chi connectivity index (χ0n) is 12.4. The van der Waals surface area contributed by atoms with Crippen LogP contribution in [0.15, 0.2) is 48.7 Å². The number of carbonyl (C=O) groups excluding carboxylic acids is 2. The molecular formula is C17H14N2O3S. The molecule has 23 heavy (non-hydrogen) atoms. The van der Waals surface area contributed by atoms with Gasteiger partial charge in [0, 0.05) is 17.1 Å². The molecule has 2 heterocycles. The first-order chi connectivity index (χ1) is 11.2. The number of aromatic nitrogens is 1. The monoisotopic (exact) mass is 326 g/mol. The van der Waals surface area contributed by atoms with Gasteiger partial charge in [0.2, 0.25) is 0 Å². The van der Waals surface area contributed by atoms with Crippen LogP contribution in [0.1, 0.15) is 27.0 Å². The van der Waals surface area contributed by atoms with Crippen molar-refractivity contribution in [2.45, 2.75) is 6.92 Å². The van der Waals surface area contributed by atoms with E-state index in [1.807, 2.05) is 12.1 Å². The van der Waals surface area contributed by atoms with Gasteiger partial charge >= 0.3 is 5.97 Å². The number of ether oxygens (including phenoxy) is 1.